The Hall–Kier alpha value is -4.36. The third-order valence-corrected chi connectivity index (χ3v) is 7.34. The third-order valence-electron chi connectivity index (χ3n) is 5.90. The minimum atomic E-state index is -4.22. The number of halogens is 2. The Kier molecular flexibility index (Phi) is 7.52. The zero-order valence-corrected chi connectivity index (χ0v) is 21.7. The summed E-state index contributed by atoms with van der Waals surface area (Å²) in [5.74, 6) is -1.05. The average Bonchev–Trinajstić information content (AvgIpc) is 3.33. The van der Waals surface area contributed by atoms with Crippen molar-refractivity contribution in [1.29, 1.82) is 0 Å². The third kappa shape index (κ3) is 6.38. The molecule has 5 rings (SSSR count). The number of hydrogen-bond donors (Lipinski definition) is 2. The number of nitrogens with one attached hydrogen (secondary N) is 2. The summed E-state index contributed by atoms with van der Waals surface area (Å²) in [6, 6.07) is 11.8. The zero-order valence-electron chi connectivity index (χ0n) is 20.9. The van der Waals surface area contributed by atoms with Crippen LogP contribution in [0.1, 0.15) is 5.56 Å². The van der Waals surface area contributed by atoms with E-state index in [0.29, 0.717) is 30.7 Å². The van der Waals surface area contributed by atoms with E-state index in [4.69, 9.17) is 4.74 Å². The van der Waals surface area contributed by atoms with Crippen molar-refractivity contribution in [2.24, 2.45) is 7.05 Å². The number of nitrogens with zero attached hydrogens (tertiary/aromatic N) is 5. The summed E-state index contributed by atoms with van der Waals surface area (Å²) >= 11 is 0. The number of anilines is 5. The van der Waals surface area contributed by atoms with Gasteiger partial charge in [-0.1, -0.05) is 0 Å². The van der Waals surface area contributed by atoms with Crippen molar-refractivity contribution >= 4 is 44.9 Å². The molecular formula is C26H25F2N7O3S. The summed E-state index contributed by atoms with van der Waals surface area (Å²) in [4.78, 5) is 10.4. The highest BCUT2D eigenvalue weighted by Crippen LogP contribution is 2.25. The highest BCUT2D eigenvalue weighted by molar-refractivity contribution is 7.94. The molecule has 10 nitrogen and oxygen atoms in total. The number of morpholine rings is 1. The SMILES string of the molecule is Cn1ccc(Nc2nc(Nc3ccc(N4CCOCC4)cc3)ncc2C=CS(=O)(=O)c2ccc(F)cc2F)n1. The molecule has 0 saturated carbocycles. The first kappa shape index (κ1) is 26.3. The molecule has 1 fully saturated rings. The van der Waals surface area contributed by atoms with E-state index < -0.39 is 26.4 Å². The van der Waals surface area contributed by atoms with Crippen molar-refractivity contribution < 1.29 is 21.9 Å². The minimum absolute atomic E-state index is 0.261. The quantitative estimate of drug-likeness (QED) is 0.309. The van der Waals surface area contributed by atoms with Gasteiger partial charge in [0.15, 0.2) is 5.82 Å². The Morgan fingerprint density at radius 3 is 2.49 bits per heavy atom. The molecule has 0 atom stereocenters. The fraction of sp³-hybridized carbons (Fsp3) is 0.192. The second-order valence-electron chi connectivity index (χ2n) is 8.69. The lowest BCUT2D eigenvalue weighted by Gasteiger charge is -2.28. The number of rotatable bonds is 8. The average molecular weight is 554 g/mol. The molecule has 13 heteroatoms. The Bertz CT molecular complexity index is 1600. The largest absolute Gasteiger partial charge is 0.378 e. The first-order valence-electron chi connectivity index (χ1n) is 12.0. The highest BCUT2D eigenvalue weighted by Gasteiger charge is 2.18. The molecule has 2 aromatic carbocycles. The van der Waals surface area contributed by atoms with Crippen LogP contribution in [0.15, 0.2) is 71.2 Å². The van der Waals surface area contributed by atoms with Gasteiger partial charge in [-0.2, -0.15) is 10.1 Å². The molecule has 0 unspecified atom stereocenters. The van der Waals surface area contributed by atoms with Gasteiger partial charge in [-0.15, -0.1) is 0 Å². The van der Waals surface area contributed by atoms with E-state index in [-0.39, 0.29) is 11.8 Å². The van der Waals surface area contributed by atoms with Crippen LogP contribution in [-0.4, -0.2) is 54.5 Å². The highest BCUT2D eigenvalue weighted by atomic mass is 32.2. The fourth-order valence-electron chi connectivity index (χ4n) is 3.92. The van der Waals surface area contributed by atoms with Crippen molar-refractivity contribution in [2.45, 2.75) is 4.90 Å². The maximum absolute atomic E-state index is 14.1. The molecule has 4 aromatic rings. The van der Waals surface area contributed by atoms with Gasteiger partial charge in [0.2, 0.25) is 15.8 Å². The second kappa shape index (κ2) is 11.2. The maximum atomic E-state index is 14.1. The molecule has 2 aromatic heterocycles. The first-order chi connectivity index (χ1) is 18.8. The summed E-state index contributed by atoms with van der Waals surface area (Å²) in [7, 11) is -2.46. The van der Waals surface area contributed by atoms with Gasteiger partial charge in [0.1, 0.15) is 22.3 Å². The van der Waals surface area contributed by atoms with Crippen LogP contribution in [-0.2, 0) is 21.6 Å². The van der Waals surface area contributed by atoms with E-state index >= 15 is 0 Å². The number of ether oxygens (including phenoxy) is 1. The molecule has 1 aliphatic heterocycles. The van der Waals surface area contributed by atoms with Gasteiger partial charge in [0.25, 0.3) is 0 Å². The van der Waals surface area contributed by atoms with E-state index in [9.17, 15) is 17.2 Å². The van der Waals surface area contributed by atoms with E-state index in [1.54, 1.807) is 24.0 Å². The van der Waals surface area contributed by atoms with Crippen molar-refractivity contribution in [3.8, 4) is 0 Å². The van der Waals surface area contributed by atoms with Crippen LogP contribution in [0.3, 0.4) is 0 Å². The monoisotopic (exact) mass is 553 g/mol. The lowest BCUT2D eigenvalue weighted by Crippen LogP contribution is -2.36. The fourth-order valence-corrected chi connectivity index (χ4v) is 4.99. The number of aromatic nitrogens is 4. The van der Waals surface area contributed by atoms with Gasteiger partial charge >= 0.3 is 0 Å². The summed E-state index contributed by atoms with van der Waals surface area (Å²) in [6.07, 6.45) is 4.40. The molecule has 1 saturated heterocycles. The topological polar surface area (TPSA) is 114 Å². The van der Waals surface area contributed by atoms with Crippen molar-refractivity contribution in [3.05, 3.63) is 83.5 Å². The molecule has 0 spiro atoms. The predicted octanol–water partition coefficient (Wildman–Crippen LogP) is 4.26. The molecule has 2 N–H and O–H groups in total. The zero-order chi connectivity index (χ0) is 27.4. The van der Waals surface area contributed by atoms with Crippen LogP contribution in [0, 0.1) is 11.6 Å². The minimum Gasteiger partial charge on any atom is -0.378 e. The number of sulfone groups is 1. The lowest BCUT2D eigenvalue weighted by atomic mass is 10.2. The Labute approximate surface area is 223 Å². The first-order valence-corrected chi connectivity index (χ1v) is 13.5. The van der Waals surface area contributed by atoms with E-state index in [2.05, 4.69) is 30.6 Å². The van der Waals surface area contributed by atoms with E-state index in [1.807, 2.05) is 24.3 Å². The predicted molar refractivity (Wildman–Crippen MR) is 144 cm³/mol. The molecule has 0 amide bonds. The van der Waals surface area contributed by atoms with Gasteiger partial charge < -0.3 is 20.3 Å². The number of aryl methyl sites for hydroxylation is 1. The standard InChI is InChI=1S/C26H25F2N7O3S/c1-34-10-8-24(33-34)31-25-18(9-15-39(36,37)23-7-2-19(27)16-22(23)28)17-29-26(32-25)30-20-3-5-21(6-4-20)35-11-13-38-14-12-35/h2-10,15-17H,11-14H2,1H3,(H2,29,30,31,32,33). The van der Waals surface area contributed by atoms with E-state index in [0.717, 1.165) is 42.0 Å². The van der Waals surface area contributed by atoms with Gasteiger partial charge in [0, 0.05) is 67.0 Å². The second-order valence-corrected chi connectivity index (χ2v) is 10.5. The molecule has 202 valence electrons. The molecule has 0 radical (unpaired) electrons. The van der Waals surface area contributed by atoms with Crippen LogP contribution in [0.5, 0.6) is 0 Å². The van der Waals surface area contributed by atoms with Gasteiger partial charge in [-0.25, -0.2) is 22.2 Å². The number of hydrogen-bond acceptors (Lipinski definition) is 9. The van der Waals surface area contributed by atoms with Gasteiger partial charge in [-0.3, -0.25) is 4.68 Å². The molecule has 39 heavy (non-hydrogen) atoms. The number of benzene rings is 2. The van der Waals surface area contributed by atoms with Crippen molar-refractivity contribution in [3.63, 3.8) is 0 Å². The van der Waals surface area contributed by atoms with Crippen LogP contribution < -0.4 is 15.5 Å². The summed E-state index contributed by atoms with van der Waals surface area (Å²) < 4.78 is 59.8. The maximum Gasteiger partial charge on any atom is 0.229 e. The van der Waals surface area contributed by atoms with Gasteiger partial charge in [0.05, 0.1) is 13.2 Å². The summed E-state index contributed by atoms with van der Waals surface area (Å²) in [5, 5.41) is 11.3. The normalized spacial score (nSPS) is 14.1. The van der Waals surface area contributed by atoms with Crippen LogP contribution in [0.25, 0.3) is 6.08 Å². The summed E-state index contributed by atoms with van der Waals surface area (Å²) in [6.45, 7) is 3.05. The Morgan fingerprint density at radius 1 is 1.03 bits per heavy atom. The van der Waals surface area contributed by atoms with E-state index in [1.165, 1.54) is 12.3 Å². The molecular weight excluding hydrogens is 528 g/mol. The smallest absolute Gasteiger partial charge is 0.229 e. The van der Waals surface area contributed by atoms with Crippen LogP contribution in [0.4, 0.5) is 37.7 Å². The van der Waals surface area contributed by atoms with Crippen molar-refractivity contribution in [2.75, 3.05) is 41.8 Å². The molecule has 0 aliphatic carbocycles. The molecule has 0 bridgehead atoms. The van der Waals surface area contributed by atoms with Crippen molar-refractivity contribution in [1.82, 2.24) is 19.7 Å². The summed E-state index contributed by atoms with van der Waals surface area (Å²) in [5.41, 5.74) is 2.15. The van der Waals surface area contributed by atoms with Crippen LogP contribution in [0.2, 0.25) is 0 Å². The van der Waals surface area contributed by atoms with Gasteiger partial charge in [-0.05, 0) is 42.5 Å². The molecule has 1 aliphatic rings. The van der Waals surface area contributed by atoms with Crippen LogP contribution >= 0.6 is 0 Å². The lowest BCUT2D eigenvalue weighted by molar-refractivity contribution is 0.122. The molecule has 3 heterocycles. The Balaban J connectivity index is 1.40. The Morgan fingerprint density at radius 2 is 1.79 bits per heavy atom.